The summed E-state index contributed by atoms with van der Waals surface area (Å²) >= 11 is 0. The van der Waals surface area contributed by atoms with Crippen molar-refractivity contribution in [3.8, 4) is 0 Å². The molecule has 1 aliphatic rings. The summed E-state index contributed by atoms with van der Waals surface area (Å²) in [5, 5.41) is 9.00. The minimum Gasteiger partial charge on any atom is -0.481 e. The smallest absolute Gasteiger partial charge is 0.309 e. The van der Waals surface area contributed by atoms with Gasteiger partial charge in [-0.3, -0.25) is 4.79 Å². The van der Waals surface area contributed by atoms with Crippen molar-refractivity contribution in [1.82, 2.24) is 0 Å². The maximum Gasteiger partial charge on any atom is 0.309 e. The number of hydrogen-bond acceptors (Lipinski definition) is 1. The zero-order valence-corrected chi connectivity index (χ0v) is 8.13. The lowest BCUT2D eigenvalue weighted by Crippen LogP contribution is -2.35. The Kier molecular flexibility index (Phi) is 2.45. The van der Waals surface area contributed by atoms with Crippen molar-refractivity contribution < 1.29 is 9.90 Å². The molecule has 0 aromatic rings. The molecule has 0 aromatic carbocycles. The molecule has 0 unspecified atom stereocenters. The van der Waals surface area contributed by atoms with Gasteiger partial charge >= 0.3 is 5.97 Å². The van der Waals surface area contributed by atoms with E-state index in [-0.39, 0.29) is 0 Å². The van der Waals surface area contributed by atoms with E-state index in [4.69, 9.17) is 5.11 Å². The quantitative estimate of drug-likeness (QED) is 0.656. The highest BCUT2D eigenvalue weighted by Crippen LogP contribution is 2.41. The van der Waals surface area contributed by atoms with Gasteiger partial charge in [0.1, 0.15) is 0 Å². The first-order valence-corrected chi connectivity index (χ1v) is 4.69. The number of rotatable bonds is 1. The van der Waals surface area contributed by atoms with Gasteiger partial charge in [-0.15, -0.1) is 0 Å². The van der Waals surface area contributed by atoms with Crippen molar-refractivity contribution in [2.24, 2.45) is 17.3 Å². The molecule has 0 aliphatic heterocycles. The highest BCUT2D eigenvalue weighted by atomic mass is 16.4. The van der Waals surface area contributed by atoms with Crippen molar-refractivity contribution in [3.05, 3.63) is 0 Å². The highest BCUT2D eigenvalue weighted by molar-refractivity contribution is 5.74. The average Bonchev–Trinajstić information content (AvgIpc) is 1.97. The van der Waals surface area contributed by atoms with Crippen LogP contribution in [0.5, 0.6) is 0 Å². The Labute approximate surface area is 74.0 Å². The number of hydrogen-bond donors (Lipinski definition) is 1. The molecule has 0 heterocycles. The van der Waals surface area contributed by atoms with Crippen LogP contribution in [0.2, 0.25) is 0 Å². The van der Waals surface area contributed by atoms with Crippen LogP contribution in [0.4, 0.5) is 0 Å². The van der Waals surface area contributed by atoms with Gasteiger partial charge < -0.3 is 5.11 Å². The largest absolute Gasteiger partial charge is 0.481 e. The summed E-state index contributed by atoms with van der Waals surface area (Å²) in [5.41, 5.74) is -0.452. The second-order valence-electron chi connectivity index (χ2n) is 4.56. The number of carbonyl (C=O) groups is 1. The van der Waals surface area contributed by atoms with Crippen molar-refractivity contribution in [1.29, 1.82) is 0 Å². The molecule has 3 atom stereocenters. The lowest BCUT2D eigenvalue weighted by atomic mass is 9.67. The van der Waals surface area contributed by atoms with Crippen LogP contribution in [-0.4, -0.2) is 11.1 Å². The molecule has 12 heavy (non-hydrogen) atoms. The van der Waals surface area contributed by atoms with Gasteiger partial charge in [-0.25, -0.2) is 0 Å². The molecule has 1 aliphatic carbocycles. The zero-order valence-electron chi connectivity index (χ0n) is 8.13. The molecule has 1 rings (SSSR count). The predicted molar refractivity (Wildman–Crippen MR) is 47.9 cm³/mol. The van der Waals surface area contributed by atoms with Gasteiger partial charge in [-0.2, -0.15) is 0 Å². The summed E-state index contributed by atoms with van der Waals surface area (Å²) in [6, 6.07) is 0. The summed E-state index contributed by atoms with van der Waals surface area (Å²) in [5.74, 6) is 0.624. The Morgan fingerprint density at radius 2 is 2.00 bits per heavy atom. The molecule has 0 amide bonds. The topological polar surface area (TPSA) is 37.3 Å². The van der Waals surface area contributed by atoms with E-state index < -0.39 is 11.4 Å². The lowest BCUT2D eigenvalue weighted by molar-refractivity contribution is -0.151. The first kappa shape index (κ1) is 9.56. The van der Waals surface area contributed by atoms with Crippen LogP contribution >= 0.6 is 0 Å². The van der Waals surface area contributed by atoms with Gasteiger partial charge in [0, 0.05) is 0 Å². The van der Waals surface area contributed by atoms with Crippen LogP contribution in [0.25, 0.3) is 0 Å². The SMILES string of the molecule is C[C@@H]1CC[C@](C)(C(=O)O)C[C@H]1C. The Hall–Kier alpha value is -0.530. The van der Waals surface area contributed by atoms with Crippen molar-refractivity contribution in [2.45, 2.75) is 40.0 Å². The second-order valence-corrected chi connectivity index (χ2v) is 4.56. The van der Waals surface area contributed by atoms with E-state index >= 15 is 0 Å². The summed E-state index contributed by atoms with van der Waals surface area (Å²) in [7, 11) is 0. The fourth-order valence-electron chi connectivity index (χ4n) is 2.04. The highest BCUT2D eigenvalue weighted by Gasteiger charge is 2.39. The number of carboxylic acids is 1. The molecule has 2 heteroatoms. The monoisotopic (exact) mass is 170 g/mol. The van der Waals surface area contributed by atoms with E-state index in [1.807, 2.05) is 6.92 Å². The Morgan fingerprint density at radius 3 is 2.42 bits per heavy atom. The first-order chi connectivity index (χ1) is 5.46. The van der Waals surface area contributed by atoms with Gasteiger partial charge in [0.05, 0.1) is 5.41 Å². The van der Waals surface area contributed by atoms with Gasteiger partial charge in [-0.1, -0.05) is 13.8 Å². The molecule has 0 bridgehead atoms. The summed E-state index contributed by atoms with van der Waals surface area (Å²) in [4.78, 5) is 10.9. The third kappa shape index (κ3) is 1.62. The van der Waals surface area contributed by atoms with Gasteiger partial charge in [0.2, 0.25) is 0 Å². The van der Waals surface area contributed by atoms with Crippen molar-refractivity contribution >= 4 is 5.97 Å². The molecule has 1 N–H and O–H groups in total. The van der Waals surface area contributed by atoms with Crippen LogP contribution in [0.3, 0.4) is 0 Å². The van der Waals surface area contributed by atoms with E-state index in [0.717, 1.165) is 19.3 Å². The zero-order chi connectivity index (χ0) is 9.35. The first-order valence-electron chi connectivity index (χ1n) is 4.69. The average molecular weight is 170 g/mol. The molecular formula is C10H18O2. The molecule has 0 saturated heterocycles. The molecule has 70 valence electrons. The standard InChI is InChI=1S/C10H18O2/c1-7-4-5-10(3,9(11)12)6-8(7)2/h7-8H,4-6H2,1-3H3,(H,11,12)/t7-,8-,10+/m1/s1. The minimum absolute atomic E-state index is 0.452. The molecule has 0 aromatic heterocycles. The minimum atomic E-state index is -0.624. The Bertz CT molecular complexity index is 188. The fourth-order valence-corrected chi connectivity index (χ4v) is 2.04. The van der Waals surface area contributed by atoms with Crippen LogP contribution < -0.4 is 0 Å². The van der Waals surface area contributed by atoms with Gasteiger partial charge in [0.25, 0.3) is 0 Å². The molecule has 0 spiro atoms. The predicted octanol–water partition coefficient (Wildman–Crippen LogP) is 2.53. The number of carboxylic acid groups (broad SMARTS) is 1. The third-order valence-electron chi connectivity index (χ3n) is 3.41. The summed E-state index contributed by atoms with van der Waals surface area (Å²) < 4.78 is 0. The third-order valence-corrected chi connectivity index (χ3v) is 3.41. The Balaban J connectivity index is 2.66. The van der Waals surface area contributed by atoms with E-state index in [2.05, 4.69) is 13.8 Å². The molecule has 0 radical (unpaired) electrons. The van der Waals surface area contributed by atoms with E-state index in [1.165, 1.54) is 0 Å². The molecule has 2 nitrogen and oxygen atoms in total. The van der Waals surface area contributed by atoms with E-state index in [1.54, 1.807) is 0 Å². The maximum atomic E-state index is 10.9. The molecule has 1 saturated carbocycles. The fraction of sp³-hybridized carbons (Fsp3) is 0.900. The normalized spacial score (nSPS) is 42.6. The summed E-state index contributed by atoms with van der Waals surface area (Å²) in [6.07, 6.45) is 2.74. The second kappa shape index (κ2) is 3.08. The van der Waals surface area contributed by atoms with E-state index in [9.17, 15) is 4.79 Å². The maximum absolute atomic E-state index is 10.9. The van der Waals surface area contributed by atoms with Gasteiger partial charge in [0.15, 0.2) is 0 Å². The van der Waals surface area contributed by atoms with Gasteiger partial charge in [-0.05, 0) is 38.0 Å². The Morgan fingerprint density at radius 1 is 1.42 bits per heavy atom. The van der Waals surface area contributed by atoms with Crippen LogP contribution in [0.15, 0.2) is 0 Å². The summed E-state index contributed by atoms with van der Waals surface area (Å²) in [6.45, 7) is 6.24. The van der Waals surface area contributed by atoms with Crippen LogP contribution in [-0.2, 0) is 4.79 Å². The van der Waals surface area contributed by atoms with Crippen molar-refractivity contribution in [2.75, 3.05) is 0 Å². The molecular weight excluding hydrogens is 152 g/mol. The lowest BCUT2D eigenvalue weighted by Gasteiger charge is -2.37. The van der Waals surface area contributed by atoms with Crippen LogP contribution in [0.1, 0.15) is 40.0 Å². The number of aliphatic carboxylic acids is 1. The molecule has 1 fully saturated rings. The van der Waals surface area contributed by atoms with Crippen molar-refractivity contribution in [3.63, 3.8) is 0 Å². The van der Waals surface area contributed by atoms with Crippen LogP contribution in [0, 0.1) is 17.3 Å². The van der Waals surface area contributed by atoms with E-state index in [0.29, 0.717) is 11.8 Å².